The van der Waals surface area contributed by atoms with E-state index in [0.717, 1.165) is 25.9 Å². The molecule has 1 aromatic heterocycles. The second-order valence-electron chi connectivity index (χ2n) is 4.11. The van der Waals surface area contributed by atoms with Gasteiger partial charge in [-0.1, -0.05) is 11.3 Å². The van der Waals surface area contributed by atoms with Crippen LogP contribution in [0.2, 0.25) is 0 Å². The van der Waals surface area contributed by atoms with Crippen molar-refractivity contribution in [2.45, 2.75) is 18.9 Å². The third-order valence-electron chi connectivity index (χ3n) is 2.80. The molecule has 1 fully saturated rings. The van der Waals surface area contributed by atoms with Crippen molar-refractivity contribution >= 4 is 22.4 Å². The van der Waals surface area contributed by atoms with E-state index < -0.39 is 0 Å². The van der Waals surface area contributed by atoms with Crippen LogP contribution < -0.4 is 11.1 Å². The van der Waals surface area contributed by atoms with Gasteiger partial charge in [0.1, 0.15) is 4.88 Å². The molecule has 0 aliphatic carbocycles. The third kappa shape index (κ3) is 2.70. The number of likely N-dealkylation sites (tertiary alicyclic amines) is 1. The van der Waals surface area contributed by atoms with Crippen LogP contribution in [-0.2, 0) is 0 Å². The lowest BCUT2D eigenvalue weighted by molar-refractivity contribution is 0.0921. The average molecular weight is 240 g/mol. The molecule has 0 saturated carbocycles. The minimum Gasteiger partial charge on any atom is -0.375 e. The Bertz CT molecular complexity index is 371. The van der Waals surface area contributed by atoms with E-state index in [1.165, 1.54) is 17.5 Å². The molecule has 1 aromatic rings. The lowest BCUT2D eigenvalue weighted by Gasteiger charge is -2.29. The van der Waals surface area contributed by atoms with Crippen molar-refractivity contribution in [2.24, 2.45) is 0 Å². The number of nitrogens with two attached hydrogens (primary N) is 1. The summed E-state index contributed by atoms with van der Waals surface area (Å²) < 4.78 is 0. The van der Waals surface area contributed by atoms with Crippen LogP contribution in [0.15, 0.2) is 6.20 Å². The molecule has 5 nitrogen and oxygen atoms in total. The number of hydrogen-bond donors (Lipinski definition) is 2. The summed E-state index contributed by atoms with van der Waals surface area (Å²) in [5.74, 6) is -0.0521. The Hall–Kier alpha value is -1.14. The second-order valence-corrected chi connectivity index (χ2v) is 5.18. The number of carbonyl (C=O) groups excluding carboxylic acids is 1. The second kappa shape index (κ2) is 4.80. The summed E-state index contributed by atoms with van der Waals surface area (Å²) in [6.45, 7) is 2.07. The standard InChI is InChI=1S/C10H16N4OS/c1-14-4-2-7(3-5-14)13-9(15)8-6-12-10(11)16-8/h6-7H,2-5H2,1H3,(H2,11,12)(H,13,15). The first-order valence-electron chi connectivity index (χ1n) is 5.36. The number of anilines is 1. The van der Waals surface area contributed by atoms with Crippen molar-refractivity contribution in [3.8, 4) is 0 Å². The Morgan fingerprint density at radius 1 is 1.62 bits per heavy atom. The van der Waals surface area contributed by atoms with Gasteiger partial charge in [-0.05, 0) is 33.0 Å². The molecule has 16 heavy (non-hydrogen) atoms. The lowest BCUT2D eigenvalue weighted by atomic mass is 10.1. The molecule has 1 aliphatic rings. The fourth-order valence-corrected chi connectivity index (χ4v) is 2.39. The molecule has 0 unspecified atom stereocenters. The van der Waals surface area contributed by atoms with Gasteiger partial charge in [0.2, 0.25) is 0 Å². The van der Waals surface area contributed by atoms with Crippen LogP contribution in [0.25, 0.3) is 0 Å². The molecule has 0 radical (unpaired) electrons. The van der Waals surface area contributed by atoms with Crippen LogP contribution in [0.3, 0.4) is 0 Å². The van der Waals surface area contributed by atoms with Gasteiger partial charge in [-0.3, -0.25) is 4.79 Å². The predicted octanol–water partition coefficient (Wildman–Crippen LogP) is 0.549. The van der Waals surface area contributed by atoms with Gasteiger partial charge in [0.25, 0.3) is 5.91 Å². The van der Waals surface area contributed by atoms with Gasteiger partial charge in [-0.15, -0.1) is 0 Å². The molecule has 2 heterocycles. The summed E-state index contributed by atoms with van der Waals surface area (Å²) in [7, 11) is 2.10. The first kappa shape index (κ1) is 11.3. The van der Waals surface area contributed by atoms with Gasteiger partial charge < -0.3 is 16.0 Å². The number of aromatic nitrogens is 1. The number of rotatable bonds is 2. The molecule has 3 N–H and O–H groups in total. The molecule has 0 aromatic carbocycles. The highest BCUT2D eigenvalue weighted by Crippen LogP contribution is 2.15. The number of piperidine rings is 1. The van der Waals surface area contributed by atoms with Gasteiger partial charge in [0.15, 0.2) is 5.13 Å². The normalized spacial score (nSPS) is 18.6. The van der Waals surface area contributed by atoms with E-state index in [-0.39, 0.29) is 11.9 Å². The largest absolute Gasteiger partial charge is 0.375 e. The Morgan fingerprint density at radius 2 is 2.31 bits per heavy atom. The summed E-state index contributed by atoms with van der Waals surface area (Å²) in [5.41, 5.74) is 5.49. The fourth-order valence-electron chi connectivity index (χ4n) is 1.80. The van der Waals surface area contributed by atoms with Crippen molar-refractivity contribution in [1.82, 2.24) is 15.2 Å². The number of hydrogen-bond acceptors (Lipinski definition) is 5. The number of nitrogens with one attached hydrogen (secondary N) is 1. The topological polar surface area (TPSA) is 71.2 Å². The van der Waals surface area contributed by atoms with E-state index >= 15 is 0 Å². The summed E-state index contributed by atoms with van der Waals surface area (Å²) in [6.07, 6.45) is 3.55. The van der Waals surface area contributed by atoms with E-state index in [1.807, 2.05) is 0 Å². The maximum atomic E-state index is 11.8. The van der Waals surface area contributed by atoms with E-state index in [1.54, 1.807) is 0 Å². The number of amides is 1. The highest BCUT2D eigenvalue weighted by atomic mass is 32.1. The first-order chi connectivity index (χ1) is 7.65. The van der Waals surface area contributed by atoms with Crippen molar-refractivity contribution in [3.63, 3.8) is 0 Å². The highest BCUT2D eigenvalue weighted by molar-refractivity contribution is 7.17. The van der Waals surface area contributed by atoms with E-state index in [2.05, 4.69) is 22.2 Å². The van der Waals surface area contributed by atoms with Crippen LogP contribution in [0.5, 0.6) is 0 Å². The smallest absolute Gasteiger partial charge is 0.263 e. The molecule has 6 heteroatoms. The molecule has 2 rings (SSSR count). The molecule has 0 bridgehead atoms. The lowest BCUT2D eigenvalue weighted by Crippen LogP contribution is -2.43. The Morgan fingerprint density at radius 3 is 2.88 bits per heavy atom. The van der Waals surface area contributed by atoms with E-state index in [0.29, 0.717) is 10.0 Å². The number of nitrogen functional groups attached to an aromatic ring is 1. The third-order valence-corrected chi connectivity index (χ3v) is 3.63. The minimum absolute atomic E-state index is 0.0521. The van der Waals surface area contributed by atoms with Crippen LogP contribution in [0.1, 0.15) is 22.5 Å². The quantitative estimate of drug-likeness (QED) is 0.792. The molecule has 1 amide bonds. The van der Waals surface area contributed by atoms with Crippen molar-refractivity contribution in [1.29, 1.82) is 0 Å². The van der Waals surface area contributed by atoms with Crippen molar-refractivity contribution in [2.75, 3.05) is 25.9 Å². The molecule has 0 spiro atoms. The van der Waals surface area contributed by atoms with Gasteiger partial charge in [-0.2, -0.15) is 0 Å². The molecule has 1 saturated heterocycles. The zero-order valence-corrected chi connectivity index (χ0v) is 10.1. The summed E-state index contributed by atoms with van der Waals surface area (Å²) in [6, 6.07) is 0.284. The summed E-state index contributed by atoms with van der Waals surface area (Å²) in [4.78, 5) is 18.5. The van der Waals surface area contributed by atoms with Gasteiger partial charge >= 0.3 is 0 Å². The predicted molar refractivity (Wildman–Crippen MR) is 64.5 cm³/mol. The number of thiazole rings is 1. The molecular weight excluding hydrogens is 224 g/mol. The maximum Gasteiger partial charge on any atom is 0.263 e. The Balaban J connectivity index is 1.88. The van der Waals surface area contributed by atoms with Gasteiger partial charge in [0, 0.05) is 6.04 Å². The Kier molecular flexibility index (Phi) is 3.40. The summed E-state index contributed by atoms with van der Waals surface area (Å²) >= 11 is 1.23. The monoisotopic (exact) mass is 240 g/mol. The number of carbonyl (C=O) groups is 1. The van der Waals surface area contributed by atoms with Gasteiger partial charge in [-0.25, -0.2) is 4.98 Å². The van der Waals surface area contributed by atoms with E-state index in [9.17, 15) is 4.79 Å². The zero-order valence-electron chi connectivity index (χ0n) is 9.27. The SMILES string of the molecule is CN1CCC(NC(=O)c2cnc(N)s2)CC1. The molecule has 0 atom stereocenters. The van der Waals surface area contributed by atoms with Crippen LogP contribution in [0, 0.1) is 0 Å². The van der Waals surface area contributed by atoms with Crippen LogP contribution in [0.4, 0.5) is 5.13 Å². The first-order valence-corrected chi connectivity index (χ1v) is 6.17. The molecule has 1 aliphatic heterocycles. The van der Waals surface area contributed by atoms with Crippen molar-refractivity contribution < 1.29 is 4.79 Å². The molecular formula is C10H16N4OS. The zero-order chi connectivity index (χ0) is 11.5. The Labute approximate surface area is 98.7 Å². The van der Waals surface area contributed by atoms with Gasteiger partial charge in [0.05, 0.1) is 6.20 Å². The van der Waals surface area contributed by atoms with Crippen molar-refractivity contribution in [3.05, 3.63) is 11.1 Å². The molecule has 88 valence electrons. The highest BCUT2D eigenvalue weighted by Gasteiger charge is 2.19. The summed E-state index contributed by atoms with van der Waals surface area (Å²) in [5, 5.41) is 3.46. The van der Waals surface area contributed by atoms with Crippen LogP contribution in [-0.4, -0.2) is 42.0 Å². The average Bonchev–Trinajstić information content (AvgIpc) is 2.68. The minimum atomic E-state index is -0.0521. The number of nitrogens with zero attached hydrogens (tertiary/aromatic N) is 2. The fraction of sp³-hybridized carbons (Fsp3) is 0.600. The van der Waals surface area contributed by atoms with E-state index in [4.69, 9.17) is 5.73 Å². The van der Waals surface area contributed by atoms with Crippen LogP contribution >= 0.6 is 11.3 Å². The maximum absolute atomic E-state index is 11.8.